The largest absolute Gasteiger partial charge is 0.278 e. The molecule has 0 unspecified atom stereocenters. The summed E-state index contributed by atoms with van der Waals surface area (Å²) in [4.78, 5) is 15.3. The molecule has 2 aromatic heterocycles. The van der Waals surface area contributed by atoms with Crippen molar-refractivity contribution >= 4 is 21.8 Å². The van der Waals surface area contributed by atoms with Gasteiger partial charge in [-0.15, -0.1) is 0 Å². The average molecular weight is 655 g/mol. The molecule has 2 heterocycles. The Bertz CT molecular complexity index is 2620. The molecule has 0 atom stereocenters. The number of fused-ring (bicyclic) bond motifs is 3. The third-order valence-electron chi connectivity index (χ3n) is 9.82. The van der Waals surface area contributed by atoms with Crippen LogP contribution in [0.5, 0.6) is 0 Å². The summed E-state index contributed by atoms with van der Waals surface area (Å²) in [6.07, 6.45) is 0. The van der Waals surface area contributed by atoms with E-state index in [9.17, 15) is 0 Å². The minimum absolute atomic E-state index is 0.588. The van der Waals surface area contributed by atoms with Crippen LogP contribution in [-0.4, -0.2) is 19.5 Å². The van der Waals surface area contributed by atoms with E-state index in [2.05, 4.69) is 128 Å². The summed E-state index contributed by atoms with van der Waals surface area (Å²) in [6.45, 7) is 4.45. The van der Waals surface area contributed by atoms with Gasteiger partial charge >= 0.3 is 0 Å². The predicted molar refractivity (Wildman–Crippen MR) is 211 cm³/mol. The third kappa shape index (κ3) is 5.48. The molecule has 0 spiro atoms. The Morgan fingerprint density at radius 3 is 1.45 bits per heavy atom. The van der Waals surface area contributed by atoms with Crippen molar-refractivity contribution in [3.05, 3.63) is 181 Å². The first-order valence-corrected chi connectivity index (χ1v) is 17.3. The predicted octanol–water partition coefficient (Wildman–Crippen LogP) is 11.9. The van der Waals surface area contributed by atoms with E-state index < -0.39 is 0 Å². The number of aromatic nitrogens is 4. The van der Waals surface area contributed by atoms with Crippen molar-refractivity contribution in [1.82, 2.24) is 19.5 Å². The molecule has 0 fully saturated rings. The molecular weight excluding hydrogens is 621 g/mol. The Morgan fingerprint density at radius 2 is 0.882 bits per heavy atom. The lowest BCUT2D eigenvalue weighted by molar-refractivity contribution is 0.953. The summed E-state index contributed by atoms with van der Waals surface area (Å²) in [5.74, 6) is 1.86. The van der Waals surface area contributed by atoms with Gasteiger partial charge in [-0.25, -0.2) is 4.98 Å². The highest BCUT2D eigenvalue weighted by atomic mass is 15.2. The van der Waals surface area contributed by atoms with Crippen LogP contribution in [0.15, 0.2) is 170 Å². The summed E-state index contributed by atoms with van der Waals surface area (Å²) in [6, 6.07) is 59.5. The van der Waals surface area contributed by atoms with Crippen LogP contribution >= 0.6 is 0 Å². The van der Waals surface area contributed by atoms with Crippen LogP contribution in [-0.2, 0) is 0 Å². The molecule has 0 bridgehead atoms. The highest BCUT2D eigenvalue weighted by molar-refractivity contribution is 6.13. The number of nitrogens with zero attached hydrogens (tertiary/aromatic N) is 4. The second-order valence-corrected chi connectivity index (χ2v) is 13.0. The summed E-state index contributed by atoms with van der Waals surface area (Å²) in [7, 11) is 0. The van der Waals surface area contributed by atoms with E-state index >= 15 is 0 Å². The highest BCUT2D eigenvalue weighted by Gasteiger charge is 2.21. The molecule has 0 saturated carbocycles. The fourth-order valence-corrected chi connectivity index (χ4v) is 7.22. The Kier molecular flexibility index (Phi) is 7.55. The van der Waals surface area contributed by atoms with E-state index in [1.165, 1.54) is 49.9 Å². The lowest BCUT2D eigenvalue weighted by Gasteiger charge is -2.14. The van der Waals surface area contributed by atoms with Gasteiger partial charge in [-0.2, -0.15) is 9.97 Å². The molecule has 9 rings (SSSR count). The van der Waals surface area contributed by atoms with E-state index in [1.54, 1.807) is 0 Å². The third-order valence-corrected chi connectivity index (χ3v) is 9.82. The van der Waals surface area contributed by atoms with Gasteiger partial charge in [0.1, 0.15) is 0 Å². The first-order chi connectivity index (χ1) is 25.1. The Labute approximate surface area is 297 Å². The van der Waals surface area contributed by atoms with Crippen LogP contribution in [0, 0.1) is 13.8 Å². The van der Waals surface area contributed by atoms with E-state index in [-0.39, 0.29) is 0 Å². The van der Waals surface area contributed by atoms with Crippen molar-refractivity contribution in [2.75, 3.05) is 0 Å². The molecule has 0 saturated heterocycles. The van der Waals surface area contributed by atoms with Gasteiger partial charge in [0.05, 0.1) is 11.0 Å². The van der Waals surface area contributed by atoms with E-state index in [1.807, 2.05) is 60.7 Å². The molecule has 7 aromatic carbocycles. The fraction of sp³-hybridized carbons (Fsp3) is 0.0426. The molecule has 4 heteroatoms. The minimum Gasteiger partial charge on any atom is -0.278 e. The average Bonchev–Trinajstić information content (AvgIpc) is 3.54. The maximum atomic E-state index is 5.16. The second-order valence-electron chi connectivity index (χ2n) is 13.0. The molecule has 0 amide bonds. The smallest absolute Gasteiger partial charge is 0.238 e. The van der Waals surface area contributed by atoms with Gasteiger partial charge in [0, 0.05) is 21.9 Å². The highest BCUT2D eigenvalue weighted by Crippen LogP contribution is 2.41. The summed E-state index contributed by atoms with van der Waals surface area (Å²) in [5.41, 5.74) is 13.6. The summed E-state index contributed by atoms with van der Waals surface area (Å²) >= 11 is 0. The molecule has 0 aliphatic heterocycles. The normalized spacial score (nSPS) is 11.3. The lowest BCUT2D eigenvalue weighted by Crippen LogP contribution is -2.06. The maximum Gasteiger partial charge on any atom is 0.238 e. The van der Waals surface area contributed by atoms with Crippen LogP contribution in [0.2, 0.25) is 0 Å². The zero-order valence-electron chi connectivity index (χ0n) is 28.5. The molecule has 4 nitrogen and oxygen atoms in total. The van der Waals surface area contributed by atoms with Gasteiger partial charge in [-0.1, -0.05) is 146 Å². The number of rotatable bonds is 6. The minimum atomic E-state index is 0.588. The topological polar surface area (TPSA) is 43.6 Å². The van der Waals surface area contributed by atoms with Gasteiger partial charge in [0.2, 0.25) is 5.95 Å². The van der Waals surface area contributed by atoms with Crippen molar-refractivity contribution in [2.24, 2.45) is 0 Å². The van der Waals surface area contributed by atoms with Gasteiger partial charge < -0.3 is 0 Å². The van der Waals surface area contributed by atoms with Crippen LogP contribution in [0.3, 0.4) is 0 Å². The molecule has 0 aliphatic carbocycles. The molecule has 0 radical (unpaired) electrons. The Balaban J connectivity index is 1.33. The molecule has 0 aliphatic rings. The SMILES string of the molecule is Cc1ccc(-c2ccccc2)cc1-c1ccc2c(c1C)c1cc(-c3ccccc3)ccc1n2-c1nc(-c2ccccc2)nc(-c2ccccc2)n1. The number of hydrogen-bond donors (Lipinski definition) is 0. The van der Waals surface area contributed by atoms with Crippen LogP contribution in [0.25, 0.3) is 83.9 Å². The first kappa shape index (κ1) is 30.4. The van der Waals surface area contributed by atoms with Gasteiger partial charge in [0.15, 0.2) is 11.6 Å². The van der Waals surface area contributed by atoms with Crippen molar-refractivity contribution in [3.8, 4) is 62.1 Å². The van der Waals surface area contributed by atoms with Crippen LogP contribution < -0.4 is 0 Å². The molecule has 51 heavy (non-hydrogen) atoms. The quantitative estimate of drug-likeness (QED) is 0.179. The standard InChI is InChI=1S/C47H34N4/c1-31-23-24-37(33-15-7-3-8-16-33)29-40(31)39-26-28-43-44(32(39)2)41-30-38(34-17-9-4-10-18-34)25-27-42(41)51(43)47-49-45(35-19-11-5-12-20-35)48-46(50-47)36-21-13-6-14-22-36/h3-30H,1-2H3. The Hall–Kier alpha value is -6.65. The van der Waals surface area contributed by atoms with Crippen molar-refractivity contribution < 1.29 is 0 Å². The monoisotopic (exact) mass is 654 g/mol. The number of benzene rings is 7. The lowest BCUT2D eigenvalue weighted by atomic mass is 9.91. The van der Waals surface area contributed by atoms with Gasteiger partial charge in [-0.3, -0.25) is 4.57 Å². The maximum absolute atomic E-state index is 5.16. The van der Waals surface area contributed by atoms with Gasteiger partial charge in [0.25, 0.3) is 0 Å². The van der Waals surface area contributed by atoms with E-state index in [4.69, 9.17) is 15.0 Å². The van der Waals surface area contributed by atoms with Gasteiger partial charge in [-0.05, 0) is 82.6 Å². The number of hydrogen-bond acceptors (Lipinski definition) is 3. The van der Waals surface area contributed by atoms with Crippen LogP contribution in [0.4, 0.5) is 0 Å². The Morgan fingerprint density at radius 1 is 0.392 bits per heavy atom. The molecule has 242 valence electrons. The van der Waals surface area contributed by atoms with E-state index in [0.29, 0.717) is 17.6 Å². The zero-order valence-corrected chi connectivity index (χ0v) is 28.5. The summed E-state index contributed by atoms with van der Waals surface area (Å²) < 4.78 is 2.21. The molecule has 9 aromatic rings. The molecule has 0 N–H and O–H groups in total. The molecular formula is C47H34N4. The fourth-order valence-electron chi connectivity index (χ4n) is 7.22. The first-order valence-electron chi connectivity index (χ1n) is 17.3. The number of aryl methyl sites for hydroxylation is 2. The van der Waals surface area contributed by atoms with E-state index in [0.717, 1.165) is 27.5 Å². The van der Waals surface area contributed by atoms with Crippen molar-refractivity contribution in [3.63, 3.8) is 0 Å². The van der Waals surface area contributed by atoms with Crippen molar-refractivity contribution in [2.45, 2.75) is 13.8 Å². The van der Waals surface area contributed by atoms with Crippen LogP contribution in [0.1, 0.15) is 11.1 Å². The second kappa shape index (κ2) is 12.7. The van der Waals surface area contributed by atoms with Crippen molar-refractivity contribution in [1.29, 1.82) is 0 Å². The summed E-state index contributed by atoms with van der Waals surface area (Å²) in [5, 5.41) is 2.35. The zero-order chi connectivity index (χ0) is 34.3.